The lowest BCUT2D eigenvalue weighted by atomic mass is 10.2. The van der Waals surface area contributed by atoms with Gasteiger partial charge in [0, 0.05) is 11.8 Å². The van der Waals surface area contributed by atoms with Gasteiger partial charge in [0.1, 0.15) is 0 Å². The Bertz CT molecular complexity index is 332. The fraction of sp³-hybridized carbons (Fsp3) is 0.500. The number of nitrogen functional groups attached to an aromatic ring is 1. The highest BCUT2D eigenvalue weighted by Crippen LogP contribution is 2.27. The number of rotatable bonds is 3. The van der Waals surface area contributed by atoms with Crippen LogP contribution in [0, 0.1) is 6.92 Å². The molecule has 0 spiro atoms. The molecule has 1 fully saturated rings. The van der Waals surface area contributed by atoms with E-state index in [1.54, 1.807) is 0 Å². The SMILES string of the molecule is Cc1ccc(N)c(NCC2CCCS2)c1. The second-order valence-corrected chi connectivity index (χ2v) is 5.51. The van der Waals surface area contributed by atoms with Crippen LogP contribution in [-0.4, -0.2) is 17.5 Å². The molecule has 2 rings (SSSR count). The van der Waals surface area contributed by atoms with E-state index in [4.69, 9.17) is 5.73 Å². The van der Waals surface area contributed by atoms with Crippen molar-refractivity contribution in [3.63, 3.8) is 0 Å². The standard InChI is InChI=1S/C12H18N2S/c1-9-4-5-11(13)12(7-9)14-8-10-3-2-6-15-10/h4-5,7,10,14H,2-3,6,8,13H2,1H3. The maximum absolute atomic E-state index is 5.90. The normalized spacial score (nSPS) is 20.5. The van der Waals surface area contributed by atoms with Gasteiger partial charge in [-0.05, 0) is 43.2 Å². The van der Waals surface area contributed by atoms with Gasteiger partial charge in [-0.2, -0.15) is 11.8 Å². The average Bonchev–Trinajstić information content (AvgIpc) is 2.72. The van der Waals surface area contributed by atoms with E-state index in [0.717, 1.165) is 23.2 Å². The van der Waals surface area contributed by atoms with Crippen LogP contribution in [0.25, 0.3) is 0 Å². The van der Waals surface area contributed by atoms with Gasteiger partial charge in [-0.15, -0.1) is 0 Å². The molecule has 0 bridgehead atoms. The molecule has 82 valence electrons. The number of thioether (sulfide) groups is 1. The third-order valence-electron chi connectivity index (χ3n) is 2.75. The smallest absolute Gasteiger partial charge is 0.0576 e. The molecule has 15 heavy (non-hydrogen) atoms. The van der Waals surface area contributed by atoms with Gasteiger partial charge in [0.05, 0.1) is 11.4 Å². The maximum Gasteiger partial charge on any atom is 0.0576 e. The van der Waals surface area contributed by atoms with Gasteiger partial charge in [0.15, 0.2) is 0 Å². The number of hydrogen-bond acceptors (Lipinski definition) is 3. The van der Waals surface area contributed by atoms with Gasteiger partial charge in [0.2, 0.25) is 0 Å². The molecule has 1 atom stereocenters. The summed E-state index contributed by atoms with van der Waals surface area (Å²) in [5.41, 5.74) is 9.10. The van der Waals surface area contributed by atoms with Crippen LogP contribution in [0.4, 0.5) is 11.4 Å². The minimum absolute atomic E-state index is 0.768. The van der Waals surface area contributed by atoms with E-state index in [1.165, 1.54) is 24.2 Å². The summed E-state index contributed by atoms with van der Waals surface area (Å²) in [7, 11) is 0. The number of hydrogen-bond donors (Lipinski definition) is 2. The molecule has 1 aromatic carbocycles. The van der Waals surface area contributed by atoms with Gasteiger partial charge in [-0.1, -0.05) is 6.07 Å². The third-order valence-corrected chi connectivity index (χ3v) is 4.15. The molecule has 2 nitrogen and oxygen atoms in total. The monoisotopic (exact) mass is 222 g/mol. The molecule has 0 aliphatic carbocycles. The second kappa shape index (κ2) is 4.79. The van der Waals surface area contributed by atoms with Gasteiger partial charge in [0.25, 0.3) is 0 Å². The van der Waals surface area contributed by atoms with Gasteiger partial charge >= 0.3 is 0 Å². The van der Waals surface area contributed by atoms with E-state index in [2.05, 4.69) is 30.1 Å². The van der Waals surface area contributed by atoms with Crippen LogP contribution in [0.5, 0.6) is 0 Å². The Hall–Kier alpha value is -0.830. The van der Waals surface area contributed by atoms with Crippen LogP contribution < -0.4 is 11.1 Å². The molecule has 1 saturated heterocycles. The molecule has 1 unspecified atom stereocenters. The predicted octanol–water partition coefficient (Wildman–Crippen LogP) is 2.88. The fourth-order valence-corrected chi connectivity index (χ4v) is 3.05. The summed E-state index contributed by atoms with van der Waals surface area (Å²) >= 11 is 2.07. The van der Waals surface area contributed by atoms with E-state index in [0.29, 0.717) is 0 Å². The van der Waals surface area contributed by atoms with Crippen molar-refractivity contribution in [3.8, 4) is 0 Å². The number of aryl methyl sites for hydroxylation is 1. The number of benzene rings is 1. The van der Waals surface area contributed by atoms with Crippen molar-refractivity contribution >= 4 is 23.1 Å². The van der Waals surface area contributed by atoms with E-state index in [9.17, 15) is 0 Å². The largest absolute Gasteiger partial charge is 0.397 e. The zero-order valence-corrected chi connectivity index (χ0v) is 9.94. The van der Waals surface area contributed by atoms with E-state index in [-0.39, 0.29) is 0 Å². The quantitative estimate of drug-likeness (QED) is 0.772. The molecule has 0 saturated carbocycles. The first-order chi connectivity index (χ1) is 7.25. The molecular weight excluding hydrogens is 204 g/mol. The Morgan fingerprint density at radius 2 is 2.40 bits per heavy atom. The molecule has 1 aromatic rings. The summed E-state index contributed by atoms with van der Waals surface area (Å²) in [5.74, 6) is 1.32. The highest BCUT2D eigenvalue weighted by Gasteiger charge is 2.15. The lowest BCUT2D eigenvalue weighted by molar-refractivity contribution is 0.805. The molecule has 0 aromatic heterocycles. The van der Waals surface area contributed by atoms with Crippen molar-refractivity contribution in [2.24, 2.45) is 0 Å². The van der Waals surface area contributed by atoms with Crippen LogP contribution in [0.3, 0.4) is 0 Å². The first kappa shape index (κ1) is 10.7. The van der Waals surface area contributed by atoms with Crippen molar-refractivity contribution in [2.75, 3.05) is 23.3 Å². The Kier molecular flexibility index (Phi) is 3.41. The van der Waals surface area contributed by atoms with Gasteiger partial charge in [-0.3, -0.25) is 0 Å². The van der Waals surface area contributed by atoms with E-state index >= 15 is 0 Å². The van der Waals surface area contributed by atoms with Crippen molar-refractivity contribution in [2.45, 2.75) is 25.0 Å². The third kappa shape index (κ3) is 2.81. The van der Waals surface area contributed by atoms with Crippen molar-refractivity contribution in [3.05, 3.63) is 23.8 Å². The first-order valence-corrected chi connectivity index (χ1v) is 6.52. The highest BCUT2D eigenvalue weighted by molar-refractivity contribution is 8.00. The van der Waals surface area contributed by atoms with Crippen LogP contribution in [0.2, 0.25) is 0 Å². The van der Waals surface area contributed by atoms with Crippen LogP contribution >= 0.6 is 11.8 Å². The van der Waals surface area contributed by atoms with Crippen molar-refractivity contribution in [1.82, 2.24) is 0 Å². The Morgan fingerprint density at radius 1 is 1.53 bits per heavy atom. The summed E-state index contributed by atoms with van der Waals surface area (Å²) in [6.45, 7) is 3.13. The Labute approximate surface area is 95.6 Å². The lowest BCUT2D eigenvalue weighted by Crippen LogP contribution is -2.14. The Morgan fingerprint density at radius 3 is 3.13 bits per heavy atom. The average molecular weight is 222 g/mol. The van der Waals surface area contributed by atoms with E-state index in [1.807, 2.05) is 12.1 Å². The van der Waals surface area contributed by atoms with Gasteiger partial charge in [-0.25, -0.2) is 0 Å². The number of nitrogens with one attached hydrogen (secondary N) is 1. The minimum Gasteiger partial charge on any atom is -0.397 e. The molecule has 3 N–H and O–H groups in total. The molecule has 1 aliphatic rings. The maximum atomic E-state index is 5.90. The first-order valence-electron chi connectivity index (χ1n) is 5.47. The molecule has 0 amide bonds. The second-order valence-electron chi connectivity index (χ2n) is 4.11. The van der Waals surface area contributed by atoms with Gasteiger partial charge < -0.3 is 11.1 Å². The number of nitrogens with two attached hydrogens (primary N) is 1. The van der Waals surface area contributed by atoms with Crippen LogP contribution in [-0.2, 0) is 0 Å². The van der Waals surface area contributed by atoms with Crippen LogP contribution in [0.1, 0.15) is 18.4 Å². The molecule has 3 heteroatoms. The van der Waals surface area contributed by atoms with Crippen LogP contribution in [0.15, 0.2) is 18.2 Å². The lowest BCUT2D eigenvalue weighted by Gasteiger charge is -2.13. The molecule has 1 heterocycles. The summed E-state index contributed by atoms with van der Waals surface area (Å²) < 4.78 is 0. The number of anilines is 2. The molecular formula is C12H18N2S. The Balaban J connectivity index is 1.94. The zero-order valence-electron chi connectivity index (χ0n) is 9.12. The summed E-state index contributed by atoms with van der Waals surface area (Å²) in [6, 6.07) is 6.14. The summed E-state index contributed by atoms with van der Waals surface area (Å²) in [6.07, 6.45) is 2.70. The highest BCUT2D eigenvalue weighted by atomic mass is 32.2. The molecule has 1 aliphatic heterocycles. The topological polar surface area (TPSA) is 38.0 Å². The fourth-order valence-electron chi connectivity index (χ4n) is 1.85. The zero-order chi connectivity index (χ0) is 10.7. The molecule has 0 radical (unpaired) electrons. The minimum atomic E-state index is 0.768. The summed E-state index contributed by atoms with van der Waals surface area (Å²) in [5, 5.41) is 4.22. The predicted molar refractivity (Wildman–Crippen MR) is 69.6 cm³/mol. The summed E-state index contributed by atoms with van der Waals surface area (Å²) in [4.78, 5) is 0. The van der Waals surface area contributed by atoms with Crippen molar-refractivity contribution < 1.29 is 0 Å². The van der Waals surface area contributed by atoms with Crippen molar-refractivity contribution in [1.29, 1.82) is 0 Å². The van der Waals surface area contributed by atoms with E-state index < -0.39 is 0 Å².